The molecule has 0 fully saturated rings. The third kappa shape index (κ3) is 3.86. The van der Waals surface area contributed by atoms with Crippen LogP contribution in [0.4, 0.5) is 0 Å². The molecule has 0 aromatic heterocycles. The van der Waals surface area contributed by atoms with E-state index in [4.69, 9.17) is 0 Å². The number of hydrogen-bond acceptors (Lipinski definition) is 1. The molecule has 1 atom stereocenters. The molecule has 0 spiro atoms. The van der Waals surface area contributed by atoms with Crippen molar-refractivity contribution in [3.05, 3.63) is 60.7 Å². The van der Waals surface area contributed by atoms with Crippen LogP contribution in [-0.4, -0.2) is 21.9 Å². The predicted octanol–water partition coefficient (Wildman–Crippen LogP) is 2.32. The fraction of sp³-hybridized carbons (Fsp3) is 0.200. The Morgan fingerprint density at radius 2 is 1.32 bits per heavy atom. The van der Waals surface area contributed by atoms with Crippen LogP contribution in [0.1, 0.15) is 6.92 Å². The summed E-state index contributed by atoms with van der Waals surface area (Å²) in [6, 6.07) is 19.3. The molecule has 0 amide bonds. The largest absolute Gasteiger partial charge is 0.393 e. The first-order valence-electron chi connectivity index (χ1n) is 6.03. The second-order valence-electron chi connectivity index (χ2n) is 4.47. The molecule has 4 heteroatoms. The van der Waals surface area contributed by atoms with Crippen LogP contribution >= 0.6 is 7.14 Å². The van der Waals surface area contributed by atoms with E-state index in [1.54, 1.807) is 6.92 Å². The van der Waals surface area contributed by atoms with E-state index < -0.39 is 13.2 Å². The van der Waals surface area contributed by atoms with Gasteiger partial charge in [-0.15, -0.1) is 0 Å². The van der Waals surface area contributed by atoms with Gasteiger partial charge in [0, 0.05) is 19.5 Å². The van der Waals surface area contributed by atoms with Gasteiger partial charge in [0.2, 0.25) is 0 Å². The van der Waals surface area contributed by atoms with Gasteiger partial charge in [-0.3, -0.25) is 0 Å². The van der Waals surface area contributed by atoms with Gasteiger partial charge in [0.15, 0.2) is 0 Å². The van der Waals surface area contributed by atoms with E-state index in [1.807, 2.05) is 60.7 Å². The van der Waals surface area contributed by atoms with E-state index in [9.17, 15) is 9.67 Å². The average Bonchev–Trinajstić information content (AvgIpc) is 2.40. The minimum Gasteiger partial charge on any atom is -0.393 e. The van der Waals surface area contributed by atoms with Crippen molar-refractivity contribution in [2.75, 3.05) is 6.16 Å². The van der Waals surface area contributed by atoms with Crippen molar-refractivity contribution in [2.24, 2.45) is 0 Å². The Hall–Kier alpha value is -0.747. The van der Waals surface area contributed by atoms with Crippen molar-refractivity contribution in [3.63, 3.8) is 0 Å². The molecule has 19 heavy (non-hydrogen) atoms. The average molecular weight is 327 g/mol. The normalized spacial score (nSPS) is 12.5. The second kappa shape index (κ2) is 7.15. The Morgan fingerprint density at radius 3 is 1.63 bits per heavy atom. The molecular formula is C15H18O2PZn+. The smallest absolute Gasteiger partial charge is 0.288 e. The van der Waals surface area contributed by atoms with Crippen molar-refractivity contribution in [1.82, 2.24) is 0 Å². The van der Waals surface area contributed by atoms with E-state index in [0.29, 0.717) is 6.16 Å². The van der Waals surface area contributed by atoms with Gasteiger partial charge in [0.05, 0.1) is 22.9 Å². The molecule has 0 aliphatic heterocycles. The van der Waals surface area contributed by atoms with Crippen LogP contribution in [0.5, 0.6) is 0 Å². The van der Waals surface area contributed by atoms with Gasteiger partial charge < -0.3 is 9.67 Å². The van der Waals surface area contributed by atoms with E-state index in [0.717, 1.165) is 10.6 Å². The van der Waals surface area contributed by atoms with Gasteiger partial charge in [0.25, 0.3) is 7.14 Å². The molecule has 1 unspecified atom stereocenters. The fourth-order valence-corrected chi connectivity index (χ4v) is 4.91. The Bertz CT molecular complexity index is 497. The van der Waals surface area contributed by atoms with Crippen molar-refractivity contribution < 1.29 is 29.1 Å². The van der Waals surface area contributed by atoms with Crippen LogP contribution in [-0.2, 0) is 19.5 Å². The maximum atomic E-state index is 11.1. The molecule has 0 saturated carbocycles. The number of aliphatic hydroxyl groups is 1. The first kappa shape index (κ1) is 16.3. The first-order chi connectivity index (χ1) is 8.63. The quantitative estimate of drug-likeness (QED) is 0.523. The van der Waals surface area contributed by atoms with Gasteiger partial charge in [-0.2, -0.15) is 0 Å². The summed E-state index contributed by atoms with van der Waals surface area (Å²) in [6.45, 7) is 1.72. The third-order valence-electron chi connectivity index (χ3n) is 2.90. The summed E-state index contributed by atoms with van der Waals surface area (Å²) in [5.74, 6) is 0. The molecule has 96 valence electrons. The van der Waals surface area contributed by atoms with Gasteiger partial charge in [-0.1, -0.05) is 36.4 Å². The van der Waals surface area contributed by atoms with E-state index in [-0.39, 0.29) is 19.5 Å². The molecule has 0 heterocycles. The molecule has 0 radical (unpaired) electrons. The minimum absolute atomic E-state index is 0. The first-order valence-corrected chi connectivity index (χ1v) is 7.96. The van der Waals surface area contributed by atoms with Crippen molar-refractivity contribution in [2.45, 2.75) is 13.0 Å². The molecule has 0 saturated heterocycles. The minimum atomic E-state index is -2.48. The molecule has 2 N–H and O–H groups in total. The van der Waals surface area contributed by atoms with Crippen molar-refractivity contribution in [3.8, 4) is 0 Å². The van der Waals surface area contributed by atoms with Gasteiger partial charge >= 0.3 is 0 Å². The summed E-state index contributed by atoms with van der Waals surface area (Å²) < 4.78 is 11.1. The van der Waals surface area contributed by atoms with Crippen LogP contribution in [0.15, 0.2) is 60.7 Å². The monoisotopic (exact) mass is 325 g/mol. The van der Waals surface area contributed by atoms with Crippen LogP contribution in [0.2, 0.25) is 0 Å². The summed E-state index contributed by atoms with van der Waals surface area (Å²) in [5, 5.41) is 11.5. The maximum Gasteiger partial charge on any atom is 0.288 e. The molecule has 2 nitrogen and oxygen atoms in total. The van der Waals surface area contributed by atoms with Crippen LogP contribution in [0, 0.1) is 0 Å². The Labute approximate surface area is 127 Å². The van der Waals surface area contributed by atoms with E-state index >= 15 is 0 Å². The van der Waals surface area contributed by atoms with E-state index in [2.05, 4.69) is 0 Å². The Balaban J connectivity index is 0.00000180. The zero-order valence-corrected chi connectivity index (χ0v) is 15.0. The van der Waals surface area contributed by atoms with Gasteiger partial charge in [-0.05, 0) is 31.2 Å². The molecule has 2 aromatic rings. The zero-order valence-electron chi connectivity index (χ0n) is 11.1. The molecule has 0 aliphatic carbocycles. The molecule has 0 bridgehead atoms. The number of hydrogen-bond donors (Lipinski definition) is 1. The molecular weight excluding hydrogens is 309 g/mol. The fourth-order valence-electron chi connectivity index (χ4n) is 2.09. The third-order valence-corrected chi connectivity index (χ3v) is 6.26. The molecule has 2 rings (SSSR count). The number of rotatable bonds is 4. The second-order valence-corrected chi connectivity index (χ2v) is 7.41. The predicted molar refractivity (Wildman–Crippen MR) is 77.6 cm³/mol. The topological polar surface area (TPSA) is 41.6 Å². The van der Waals surface area contributed by atoms with Crippen LogP contribution < -0.4 is 10.6 Å². The van der Waals surface area contributed by atoms with Crippen LogP contribution in [0.25, 0.3) is 0 Å². The summed E-state index contributed by atoms with van der Waals surface area (Å²) >= 11 is 0. The number of benzene rings is 2. The van der Waals surface area contributed by atoms with Crippen molar-refractivity contribution in [1.29, 1.82) is 0 Å². The van der Waals surface area contributed by atoms with Crippen molar-refractivity contribution >= 4 is 17.8 Å². The Kier molecular flexibility index (Phi) is 6.13. The standard InChI is InChI=1S/C15H17O2P.Zn/c1-13(16)12-18(17,14-8-4-2-5-9-14)15-10-6-3-7-11-15;/h2-11,13,16H,12H2,1H3;/p+1. The maximum absolute atomic E-state index is 11.1. The van der Waals surface area contributed by atoms with Crippen LogP contribution in [0.3, 0.4) is 0 Å². The van der Waals surface area contributed by atoms with E-state index in [1.165, 1.54) is 0 Å². The molecule has 2 aromatic carbocycles. The van der Waals surface area contributed by atoms with Gasteiger partial charge in [0.1, 0.15) is 0 Å². The van der Waals surface area contributed by atoms with Gasteiger partial charge in [-0.25, -0.2) is 0 Å². The Morgan fingerprint density at radius 1 is 0.947 bits per heavy atom. The zero-order chi connectivity index (χ0) is 13.0. The summed E-state index contributed by atoms with van der Waals surface area (Å²) in [6.07, 6.45) is -0.134. The summed E-state index contributed by atoms with van der Waals surface area (Å²) in [7, 11) is -2.48. The number of aliphatic hydroxyl groups excluding tert-OH is 1. The molecule has 0 aliphatic rings. The SMILES string of the molecule is CC(O)CP(=[OH+])(c1ccccc1)c1ccccc1.[Zn]. The summed E-state index contributed by atoms with van der Waals surface area (Å²) in [4.78, 5) is 0. The summed E-state index contributed by atoms with van der Waals surface area (Å²) in [5.41, 5.74) is 0.